The lowest BCUT2D eigenvalue weighted by Crippen LogP contribution is -2.37. The first kappa shape index (κ1) is 11.0. The summed E-state index contributed by atoms with van der Waals surface area (Å²) in [5.74, 6) is 1.56. The molecule has 2 atom stereocenters. The average Bonchev–Trinajstić information content (AvgIpc) is 2.30. The van der Waals surface area contributed by atoms with Crippen molar-refractivity contribution in [1.82, 2.24) is 5.48 Å². The molecule has 0 radical (unpaired) electrons. The fraction of sp³-hybridized carbons (Fsp3) is 1.00. The molecule has 0 heterocycles. The summed E-state index contributed by atoms with van der Waals surface area (Å²) >= 11 is 0. The Bertz CT molecular complexity index is 136. The standard InChI is InChI=1S/C11H23NO/c1-9(2)10-7-5-4-6-8-11(10)12-13-3/h9-12H,4-8H2,1-3H3. The van der Waals surface area contributed by atoms with Crippen molar-refractivity contribution in [2.75, 3.05) is 7.11 Å². The largest absolute Gasteiger partial charge is 0.305 e. The van der Waals surface area contributed by atoms with Crippen molar-refractivity contribution in [3.05, 3.63) is 0 Å². The number of hydrogen-bond acceptors (Lipinski definition) is 2. The van der Waals surface area contributed by atoms with Crippen molar-refractivity contribution in [1.29, 1.82) is 0 Å². The van der Waals surface area contributed by atoms with Crippen LogP contribution in [0, 0.1) is 11.8 Å². The van der Waals surface area contributed by atoms with Crippen LogP contribution in [0.25, 0.3) is 0 Å². The highest BCUT2D eigenvalue weighted by Crippen LogP contribution is 2.28. The van der Waals surface area contributed by atoms with Crippen LogP contribution >= 0.6 is 0 Å². The molecule has 1 saturated carbocycles. The van der Waals surface area contributed by atoms with Crippen molar-refractivity contribution >= 4 is 0 Å². The summed E-state index contributed by atoms with van der Waals surface area (Å²) in [4.78, 5) is 5.07. The van der Waals surface area contributed by atoms with E-state index in [2.05, 4.69) is 19.3 Å². The quantitative estimate of drug-likeness (QED) is 0.539. The fourth-order valence-corrected chi connectivity index (χ4v) is 2.43. The molecular formula is C11H23NO. The van der Waals surface area contributed by atoms with Crippen LogP contribution in [0.3, 0.4) is 0 Å². The van der Waals surface area contributed by atoms with Crippen molar-refractivity contribution < 1.29 is 4.84 Å². The van der Waals surface area contributed by atoms with Gasteiger partial charge in [-0.05, 0) is 24.7 Å². The molecule has 2 unspecified atom stereocenters. The highest BCUT2D eigenvalue weighted by molar-refractivity contribution is 4.79. The fourth-order valence-electron chi connectivity index (χ4n) is 2.43. The van der Waals surface area contributed by atoms with Gasteiger partial charge in [0.15, 0.2) is 0 Å². The molecule has 0 spiro atoms. The third kappa shape index (κ3) is 3.28. The molecule has 1 aliphatic carbocycles. The van der Waals surface area contributed by atoms with Gasteiger partial charge in [0, 0.05) is 6.04 Å². The predicted octanol–water partition coefficient (Wildman–Crippen LogP) is 2.74. The van der Waals surface area contributed by atoms with Gasteiger partial charge >= 0.3 is 0 Å². The Kier molecular flexibility index (Phi) is 4.74. The first-order chi connectivity index (χ1) is 6.25. The molecular weight excluding hydrogens is 162 g/mol. The zero-order valence-corrected chi connectivity index (χ0v) is 9.18. The summed E-state index contributed by atoms with van der Waals surface area (Å²) < 4.78 is 0. The molecule has 0 amide bonds. The minimum Gasteiger partial charge on any atom is -0.305 e. The van der Waals surface area contributed by atoms with Crippen molar-refractivity contribution in [2.45, 2.75) is 52.0 Å². The number of hydroxylamine groups is 1. The van der Waals surface area contributed by atoms with Crippen LogP contribution < -0.4 is 5.48 Å². The van der Waals surface area contributed by atoms with E-state index in [9.17, 15) is 0 Å². The molecule has 1 N–H and O–H groups in total. The van der Waals surface area contributed by atoms with E-state index in [0.717, 1.165) is 11.8 Å². The summed E-state index contributed by atoms with van der Waals surface area (Å²) in [6.07, 6.45) is 6.77. The van der Waals surface area contributed by atoms with Crippen molar-refractivity contribution in [3.8, 4) is 0 Å². The SMILES string of the molecule is CONC1CCCCCC1C(C)C. The van der Waals surface area contributed by atoms with Gasteiger partial charge < -0.3 is 4.84 Å². The molecule has 0 saturated heterocycles. The van der Waals surface area contributed by atoms with Gasteiger partial charge in [0.05, 0.1) is 7.11 Å². The van der Waals surface area contributed by atoms with Crippen LogP contribution in [0.1, 0.15) is 46.0 Å². The van der Waals surface area contributed by atoms with E-state index in [-0.39, 0.29) is 0 Å². The minimum atomic E-state index is 0.576. The highest BCUT2D eigenvalue weighted by atomic mass is 16.6. The molecule has 1 fully saturated rings. The molecule has 1 rings (SSSR count). The lowest BCUT2D eigenvalue weighted by atomic mass is 9.85. The predicted molar refractivity (Wildman–Crippen MR) is 55.3 cm³/mol. The Labute approximate surface area is 82.0 Å². The lowest BCUT2D eigenvalue weighted by Gasteiger charge is -2.28. The number of nitrogens with one attached hydrogen (secondary N) is 1. The summed E-state index contributed by atoms with van der Waals surface area (Å²) in [6, 6.07) is 0.576. The second-order valence-corrected chi connectivity index (χ2v) is 4.47. The van der Waals surface area contributed by atoms with E-state index in [1.165, 1.54) is 32.1 Å². The van der Waals surface area contributed by atoms with Gasteiger partial charge in [-0.2, -0.15) is 5.48 Å². The average molecular weight is 185 g/mol. The second-order valence-electron chi connectivity index (χ2n) is 4.47. The molecule has 13 heavy (non-hydrogen) atoms. The molecule has 0 bridgehead atoms. The van der Waals surface area contributed by atoms with Crippen LogP contribution in [0.5, 0.6) is 0 Å². The van der Waals surface area contributed by atoms with Crippen LogP contribution in [-0.2, 0) is 4.84 Å². The van der Waals surface area contributed by atoms with Crippen molar-refractivity contribution in [2.24, 2.45) is 11.8 Å². The maximum atomic E-state index is 5.07. The number of hydrogen-bond donors (Lipinski definition) is 1. The molecule has 0 aromatic rings. The van der Waals surface area contributed by atoms with E-state index < -0.39 is 0 Å². The third-order valence-electron chi connectivity index (χ3n) is 3.19. The molecule has 0 aromatic heterocycles. The monoisotopic (exact) mass is 185 g/mol. The van der Waals surface area contributed by atoms with E-state index in [4.69, 9.17) is 4.84 Å². The van der Waals surface area contributed by atoms with E-state index in [1.54, 1.807) is 7.11 Å². The smallest absolute Gasteiger partial charge is 0.0572 e. The molecule has 1 aliphatic rings. The molecule has 2 nitrogen and oxygen atoms in total. The topological polar surface area (TPSA) is 21.3 Å². The second kappa shape index (κ2) is 5.61. The van der Waals surface area contributed by atoms with Gasteiger partial charge in [-0.25, -0.2) is 0 Å². The van der Waals surface area contributed by atoms with Gasteiger partial charge in [0.25, 0.3) is 0 Å². The van der Waals surface area contributed by atoms with Gasteiger partial charge in [0.1, 0.15) is 0 Å². The van der Waals surface area contributed by atoms with Crippen LogP contribution in [0.4, 0.5) is 0 Å². The summed E-state index contributed by atoms with van der Waals surface area (Å²) in [5.41, 5.74) is 3.16. The zero-order valence-electron chi connectivity index (χ0n) is 9.18. The van der Waals surface area contributed by atoms with Gasteiger partial charge in [-0.3, -0.25) is 0 Å². The molecule has 0 aliphatic heterocycles. The summed E-state index contributed by atoms with van der Waals surface area (Å²) in [7, 11) is 1.72. The first-order valence-electron chi connectivity index (χ1n) is 5.54. The zero-order chi connectivity index (χ0) is 9.68. The summed E-state index contributed by atoms with van der Waals surface area (Å²) in [6.45, 7) is 4.64. The number of rotatable bonds is 3. The van der Waals surface area contributed by atoms with Gasteiger partial charge in [-0.15, -0.1) is 0 Å². The van der Waals surface area contributed by atoms with E-state index >= 15 is 0 Å². The summed E-state index contributed by atoms with van der Waals surface area (Å²) in [5, 5.41) is 0. The Hall–Kier alpha value is -0.0800. The molecule has 78 valence electrons. The minimum absolute atomic E-state index is 0.576. The Morgan fingerprint density at radius 1 is 1.15 bits per heavy atom. The molecule has 0 aromatic carbocycles. The van der Waals surface area contributed by atoms with E-state index in [0.29, 0.717) is 6.04 Å². The lowest BCUT2D eigenvalue weighted by molar-refractivity contribution is 0.0298. The van der Waals surface area contributed by atoms with Crippen molar-refractivity contribution in [3.63, 3.8) is 0 Å². The molecule has 2 heteroatoms. The van der Waals surface area contributed by atoms with Crippen LogP contribution in [0.2, 0.25) is 0 Å². The Morgan fingerprint density at radius 2 is 1.85 bits per heavy atom. The normalized spacial score (nSPS) is 30.5. The third-order valence-corrected chi connectivity index (χ3v) is 3.19. The van der Waals surface area contributed by atoms with Gasteiger partial charge in [-0.1, -0.05) is 33.1 Å². The Balaban J connectivity index is 2.50. The van der Waals surface area contributed by atoms with Crippen LogP contribution in [0.15, 0.2) is 0 Å². The maximum absolute atomic E-state index is 5.07. The maximum Gasteiger partial charge on any atom is 0.0572 e. The van der Waals surface area contributed by atoms with E-state index in [1.807, 2.05) is 0 Å². The Morgan fingerprint density at radius 3 is 2.46 bits per heavy atom. The first-order valence-corrected chi connectivity index (χ1v) is 5.54. The van der Waals surface area contributed by atoms with Crippen LogP contribution in [-0.4, -0.2) is 13.2 Å². The highest BCUT2D eigenvalue weighted by Gasteiger charge is 2.25. The van der Waals surface area contributed by atoms with Gasteiger partial charge in [0.2, 0.25) is 0 Å².